The van der Waals surface area contributed by atoms with Gasteiger partial charge in [0.25, 0.3) is 0 Å². The first-order valence-corrected chi connectivity index (χ1v) is 6.68. The van der Waals surface area contributed by atoms with E-state index in [1.54, 1.807) is 37.4 Å². The van der Waals surface area contributed by atoms with E-state index in [1.807, 2.05) is 18.2 Å². The van der Waals surface area contributed by atoms with Crippen molar-refractivity contribution in [3.05, 3.63) is 41.8 Å². The van der Waals surface area contributed by atoms with Crippen LogP contribution in [0.1, 0.15) is 0 Å². The molecule has 0 aliphatic heterocycles. The van der Waals surface area contributed by atoms with Gasteiger partial charge >= 0.3 is 0 Å². The minimum Gasteiger partial charge on any atom is -0.496 e. The molecule has 0 radical (unpaired) electrons. The Morgan fingerprint density at radius 3 is 2.81 bits per heavy atom. The monoisotopic (exact) mass is 303 g/mol. The topological polar surface area (TPSA) is 66.2 Å². The van der Waals surface area contributed by atoms with Crippen molar-refractivity contribution < 1.29 is 9.15 Å². The fourth-order valence-electron chi connectivity index (χ4n) is 2.28. The second kappa shape index (κ2) is 5.18. The molecule has 3 rings (SSSR count). The molecule has 0 saturated carbocycles. The van der Waals surface area contributed by atoms with E-state index in [9.17, 15) is 0 Å². The molecule has 0 fully saturated rings. The van der Waals surface area contributed by atoms with Crippen LogP contribution < -0.4 is 10.5 Å². The molecule has 0 amide bonds. The zero-order valence-electron chi connectivity index (χ0n) is 11.6. The minimum absolute atomic E-state index is 0.534. The van der Waals surface area contributed by atoms with Crippen molar-refractivity contribution in [3.63, 3.8) is 0 Å². The van der Waals surface area contributed by atoms with Gasteiger partial charge in [-0.3, -0.25) is 4.68 Å². The second-order valence-electron chi connectivity index (χ2n) is 4.59. The number of hydrogen-bond donors (Lipinski definition) is 1. The lowest BCUT2D eigenvalue weighted by atomic mass is 10.0. The fourth-order valence-corrected chi connectivity index (χ4v) is 2.45. The molecule has 0 saturated heterocycles. The van der Waals surface area contributed by atoms with Crippen LogP contribution in [0.15, 0.2) is 41.2 Å². The summed E-state index contributed by atoms with van der Waals surface area (Å²) in [7, 11) is 3.40. The average molecular weight is 304 g/mol. The lowest BCUT2D eigenvalue weighted by Gasteiger charge is -2.10. The predicted molar refractivity (Wildman–Crippen MR) is 82.3 cm³/mol. The summed E-state index contributed by atoms with van der Waals surface area (Å²) in [6.45, 7) is 0. The van der Waals surface area contributed by atoms with E-state index < -0.39 is 0 Å². The average Bonchev–Trinajstić information content (AvgIpc) is 3.08. The molecule has 0 spiro atoms. The number of nitrogens with two attached hydrogens (primary N) is 1. The van der Waals surface area contributed by atoms with Crippen molar-refractivity contribution in [2.45, 2.75) is 0 Å². The Hall–Kier alpha value is -2.40. The lowest BCUT2D eigenvalue weighted by molar-refractivity contribution is 0.416. The van der Waals surface area contributed by atoms with Crippen molar-refractivity contribution in [3.8, 4) is 28.1 Å². The number of benzene rings is 1. The standard InChI is InChI=1S/C15H14ClN3O2/c1-19-15(17)13(14(18-19)9-5-6-21-8-9)11-7-10(16)3-4-12(11)20-2/h3-8H,17H2,1-2H3. The number of aryl methyl sites for hydroxylation is 1. The Kier molecular flexibility index (Phi) is 3.35. The highest BCUT2D eigenvalue weighted by Crippen LogP contribution is 2.41. The van der Waals surface area contributed by atoms with Gasteiger partial charge < -0.3 is 14.9 Å². The number of aromatic nitrogens is 2. The number of nitrogens with zero attached hydrogens (tertiary/aromatic N) is 2. The zero-order chi connectivity index (χ0) is 15.0. The first kappa shape index (κ1) is 13.6. The number of halogens is 1. The molecule has 0 atom stereocenters. The van der Waals surface area contributed by atoms with E-state index in [0.717, 1.165) is 22.4 Å². The molecule has 21 heavy (non-hydrogen) atoms. The number of anilines is 1. The van der Waals surface area contributed by atoms with Crippen molar-refractivity contribution in [2.75, 3.05) is 12.8 Å². The van der Waals surface area contributed by atoms with Gasteiger partial charge in [-0.25, -0.2) is 0 Å². The van der Waals surface area contributed by atoms with E-state index in [0.29, 0.717) is 16.6 Å². The fraction of sp³-hybridized carbons (Fsp3) is 0.133. The van der Waals surface area contributed by atoms with Crippen LogP contribution in [-0.2, 0) is 7.05 Å². The van der Waals surface area contributed by atoms with Crippen LogP contribution in [0.5, 0.6) is 5.75 Å². The summed E-state index contributed by atoms with van der Waals surface area (Å²) in [5, 5.41) is 5.07. The first-order chi connectivity index (χ1) is 10.1. The Bertz CT molecular complexity index is 779. The number of ether oxygens (including phenoxy) is 1. The van der Waals surface area contributed by atoms with Gasteiger partial charge in [-0.05, 0) is 24.3 Å². The van der Waals surface area contributed by atoms with Crippen molar-refractivity contribution >= 4 is 17.4 Å². The largest absolute Gasteiger partial charge is 0.496 e. The second-order valence-corrected chi connectivity index (χ2v) is 5.03. The molecule has 1 aromatic carbocycles. The lowest BCUT2D eigenvalue weighted by Crippen LogP contribution is -1.98. The third-order valence-electron chi connectivity index (χ3n) is 3.32. The van der Waals surface area contributed by atoms with Gasteiger partial charge in [-0.1, -0.05) is 11.6 Å². The van der Waals surface area contributed by atoms with E-state index in [-0.39, 0.29) is 0 Å². The van der Waals surface area contributed by atoms with Gasteiger partial charge in [0.2, 0.25) is 0 Å². The normalized spacial score (nSPS) is 10.8. The summed E-state index contributed by atoms with van der Waals surface area (Å²) < 4.78 is 12.2. The predicted octanol–water partition coefficient (Wildman–Crippen LogP) is 3.59. The molecule has 2 heterocycles. The Morgan fingerprint density at radius 1 is 1.33 bits per heavy atom. The summed E-state index contributed by atoms with van der Waals surface area (Å²) in [6.07, 6.45) is 3.22. The number of rotatable bonds is 3. The van der Waals surface area contributed by atoms with Crippen LogP contribution in [0.25, 0.3) is 22.4 Å². The number of furan rings is 1. The molecule has 2 aromatic heterocycles. The van der Waals surface area contributed by atoms with E-state index in [1.165, 1.54) is 0 Å². The highest BCUT2D eigenvalue weighted by molar-refractivity contribution is 6.31. The van der Waals surface area contributed by atoms with Gasteiger partial charge in [-0.2, -0.15) is 5.10 Å². The summed E-state index contributed by atoms with van der Waals surface area (Å²) in [4.78, 5) is 0. The van der Waals surface area contributed by atoms with Gasteiger partial charge in [0.15, 0.2) is 0 Å². The third-order valence-corrected chi connectivity index (χ3v) is 3.55. The van der Waals surface area contributed by atoms with Crippen molar-refractivity contribution in [2.24, 2.45) is 7.05 Å². The maximum atomic E-state index is 6.19. The molecule has 0 unspecified atom stereocenters. The molecule has 0 aliphatic carbocycles. The van der Waals surface area contributed by atoms with E-state index in [4.69, 9.17) is 26.5 Å². The maximum Gasteiger partial charge on any atom is 0.130 e. The minimum atomic E-state index is 0.534. The van der Waals surface area contributed by atoms with Crippen LogP contribution >= 0.6 is 11.6 Å². The summed E-state index contributed by atoms with van der Waals surface area (Å²) in [5.74, 6) is 1.22. The molecule has 2 N–H and O–H groups in total. The molecule has 5 nitrogen and oxygen atoms in total. The molecule has 108 valence electrons. The van der Waals surface area contributed by atoms with E-state index >= 15 is 0 Å². The third kappa shape index (κ3) is 2.25. The van der Waals surface area contributed by atoms with Crippen LogP contribution in [0.4, 0.5) is 5.82 Å². The molecule has 0 aliphatic rings. The van der Waals surface area contributed by atoms with Gasteiger partial charge in [0.1, 0.15) is 17.3 Å². The summed E-state index contributed by atoms with van der Waals surface area (Å²) in [5.41, 5.74) is 9.33. The number of methoxy groups -OCH3 is 1. The molecule has 0 bridgehead atoms. The Labute approximate surface area is 126 Å². The van der Waals surface area contributed by atoms with Gasteiger partial charge in [0.05, 0.1) is 25.2 Å². The van der Waals surface area contributed by atoms with Crippen LogP contribution in [0, 0.1) is 0 Å². The van der Waals surface area contributed by atoms with Crippen LogP contribution in [0.2, 0.25) is 5.02 Å². The Balaban J connectivity index is 2.30. The summed E-state index contributed by atoms with van der Waals surface area (Å²) >= 11 is 6.12. The maximum absolute atomic E-state index is 6.19. The Morgan fingerprint density at radius 2 is 2.14 bits per heavy atom. The summed E-state index contributed by atoms with van der Waals surface area (Å²) in [6, 6.07) is 7.23. The smallest absolute Gasteiger partial charge is 0.130 e. The zero-order valence-corrected chi connectivity index (χ0v) is 12.4. The highest BCUT2D eigenvalue weighted by atomic mass is 35.5. The van der Waals surface area contributed by atoms with Crippen molar-refractivity contribution in [1.82, 2.24) is 9.78 Å². The first-order valence-electron chi connectivity index (χ1n) is 6.30. The van der Waals surface area contributed by atoms with Gasteiger partial charge in [0, 0.05) is 23.2 Å². The van der Waals surface area contributed by atoms with Crippen molar-refractivity contribution in [1.29, 1.82) is 0 Å². The molecule has 3 aromatic rings. The van der Waals surface area contributed by atoms with Crippen LogP contribution in [-0.4, -0.2) is 16.9 Å². The van der Waals surface area contributed by atoms with Crippen LogP contribution in [0.3, 0.4) is 0 Å². The number of nitrogen functional groups attached to an aromatic ring is 1. The highest BCUT2D eigenvalue weighted by Gasteiger charge is 2.21. The molecule has 6 heteroatoms. The van der Waals surface area contributed by atoms with E-state index in [2.05, 4.69) is 5.10 Å². The molecular weight excluding hydrogens is 290 g/mol. The molecular formula is C15H14ClN3O2. The SMILES string of the molecule is COc1ccc(Cl)cc1-c1c(-c2ccoc2)nn(C)c1N. The number of hydrogen-bond acceptors (Lipinski definition) is 4. The quantitative estimate of drug-likeness (QED) is 0.803. The van der Waals surface area contributed by atoms with Gasteiger partial charge in [-0.15, -0.1) is 0 Å².